The third kappa shape index (κ3) is 9.03. The summed E-state index contributed by atoms with van der Waals surface area (Å²) in [6, 6.07) is 23.5. The fourth-order valence-corrected chi connectivity index (χ4v) is 4.87. The van der Waals surface area contributed by atoms with E-state index in [1.807, 2.05) is 61.5 Å². The van der Waals surface area contributed by atoms with E-state index in [0.717, 1.165) is 35.1 Å². The van der Waals surface area contributed by atoms with Crippen molar-refractivity contribution in [1.29, 1.82) is 0 Å². The number of hydrogen-bond acceptors (Lipinski definition) is 5. The maximum atomic E-state index is 13.7. The molecule has 0 heterocycles. The lowest BCUT2D eigenvalue weighted by Gasteiger charge is -2.31. The van der Waals surface area contributed by atoms with E-state index in [1.165, 1.54) is 23.9 Å². The van der Waals surface area contributed by atoms with Crippen LogP contribution in [-0.2, 0) is 28.3 Å². The van der Waals surface area contributed by atoms with Gasteiger partial charge in [0.05, 0.1) is 10.7 Å². The van der Waals surface area contributed by atoms with Crippen molar-refractivity contribution < 1.29 is 14.5 Å². The van der Waals surface area contributed by atoms with Crippen LogP contribution in [-0.4, -0.2) is 40.0 Å². The fraction of sp³-hybridized carbons (Fsp3) is 0.333. The number of hydrogen-bond donors (Lipinski definition) is 1. The van der Waals surface area contributed by atoms with E-state index in [2.05, 4.69) is 12.2 Å². The lowest BCUT2D eigenvalue weighted by Crippen LogP contribution is -2.51. The first-order chi connectivity index (χ1) is 18.4. The third-order valence-corrected chi connectivity index (χ3v) is 7.20. The van der Waals surface area contributed by atoms with Gasteiger partial charge in [-0.3, -0.25) is 19.7 Å². The molecular formula is C30H35N3O4S. The SMILES string of the molecule is CCCCNC(=O)C(Cc1ccccc1)N(Cc1ccc(C)cc1)C(=O)CSCc1ccc([N+](=O)[O-])cc1. The van der Waals surface area contributed by atoms with E-state index in [1.54, 1.807) is 17.0 Å². The molecule has 1 unspecified atom stereocenters. The predicted octanol–water partition coefficient (Wildman–Crippen LogP) is 5.69. The zero-order valence-electron chi connectivity index (χ0n) is 22.0. The van der Waals surface area contributed by atoms with Crippen molar-refractivity contribution in [1.82, 2.24) is 10.2 Å². The van der Waals surface area contributed by atoms with Crippen LogP contribution < -0.4 is 5.32 Å². The van der Waals surface area contributed by atoms with Gasteiger partial charge >= 0.3 is 0 Å². The average molecular weight is 534 g/mol. The van der Waals surface area contributed by atoms with E-state index < -0.39 is 11.0 Å². The Morgan fingerprint density at radius 1 is 0.947 bits per heavy atom. The monoisotopic (exact) mass is 533 g/mol. The van der Waals surface area contributed by atoms with Crippen molar-refractivity contribution in [3.05, 3.63) is 111 Å². The first-order valence-corrected chi connectivity index (χ1v) is 14.0. The van der Waals surface area contributed by atoms with Gasteiger partial charge in [-0.15, -0.1) is 11.8 Å². The Kier molecular flexibility index (Phi) is 11.4. The zero-order chi connectivity index (χ0) is 27.3. The molecule has 2 amide bonds. The largest absolute Gasteiger partial charge is 0.354 e. The van der Waals surface area contributed by atoms with Crippen molar-refractivity contribution in [2.75, 3.05) is 12.3 Å². The molecule has 0 aliphatic rings. The molecule has 3 aromatic rings. The predicted molar refractivity (Wildman–Crippen MR) is 153 cm³/mol. The molecule has 3 rings (SSSR count). The summed E-state index contributed by atoms with van der Waals surface area (Å²) in [7, 11) is 0. The third-order valence-electron chi connectivity index (χ3n) is 6.22. The number of nitro groups is 1. The van der Waals surface area contributed by atoms with Crippen molar-refractivity contribution in [3.63, 3.8) is 0 Å². The van der Waals surface area contributed by atoms with E-state index >= 15 is 0 Å². The maximum absolute atomic E-state index is 13.7. The minimum absolute atomic E-state index is 0.0388. The van der Waals surface area contributed by atoms with Crippen molar-refractivity contribution in [2.24, 2.45) is 0 Å². The summed E-state index contributed by atoms with van der Waals surface area (Å²) >= 11 is 1.43. The van der Waals surface area contributed by atoms with Crippen LogP contribution in [0.2, 0.25) is 0 Å². The molecule has 38 heavy (non-hydrogen) atoms. The fourth-order valence-electron chi connectivity index (χ4n) is 4.00. The Labute approximate surface area is 228 Å². The second-order valence-electron chi connectivity index (χ2n) is 9.27. The Morgan fingerprint density at radius 2 is 1.61 bits per heavy atom. The second-order valence-corrected chi connectivity index (χ2v) is 10.3. The van der Waals surface area contributed by atoms with Gasteiger partial charge in [-0.05, 0) is 30.0 Å². The van der Waals surface area contributed by atoms with Gasteiger partial charge in [0.2, 0.25) is 11.8 Å². The number of nitrogens with one attached hydrogen (secondary N) is 1. The van der Waals surface area contributed by atoms with Crippen LogP contribution in [0.1, 0.15) is 42.0 Å². The molecule has 1 N–H and O–H groups in total. The number of carbonyl (C=O) groups is 2. The van der Waals surface area contributed by atoms with E-state index in [-0.39, 0.29) is 23.3 Å². The number of nitro benzene ring substituents is 1. The van der Waals surface area contributed by atoms with Crippen molar-refractivity contribution >= 4 is 29.3 Å². The first-order valence-electron chi connectivity index (χ1n) is 12.8. The van der Waals surface area contributed by atoms with Gasteiger partial charge in [0.25, 0.3) is 5.69 Å². The van der Waals surface area contributed by atoms with E-state index in [0.29, 0.717) is 25.3 Å². The molecule has 8 heteroatoms. The number of amides is 2. The number of thioether (sulfide) groups is 1. The topological polar surface area (TPSA) is 92.6 Å². The highest BCUT2D eigenvalue weighted by atomic mass is 32.2. The van der Waals surface area contributed by atoms with Crippen LogP contribution in [0.25, 0.3) is 0 Å². The summed E-state index contributed by atoms with van der Waals surface area (Å²) in [6.45, 7) is 4.99. The number of rotatable bonds is 14. The van der Waals surface area contributed by atoms with Crippen LogP contribution >= 0.6 is 11.8 Å². The summed E-state index contributed by atoms with van der Waals surface area (Å²) in [5.74, 6) is 0.456. The summed E-state index contributed by atoms with van der Waals surface area (Å²) in [6.07, 6.45) is 2.26. The molecule has 0 saturated carbocycles. The Bertz CT molecular complexity index is 1180. The average Bonchev–Trinajstić information content (AvgIpc) is 2.92. The Morgan fingerprint density at radius 3 is 2.24 bits per heavy atom. The van der Waals surface area contributed by atoms with Crippen LogP contribution in [0, 0.1) is 17.0 Å². The summed E-state index contributed by atoms with van der Waals surface area (Å²) in [4.78, 5) is 39.3. The lowest BCUT2D eigenvalue weighted by atomic mass is 10.0. The van der Waals surface area contributed by atoms with Crippen LogP contribution in [0.3, 0.4) is 0 Å². The summed E-state index contributed by atoms with van der Waals surface area (Å²) in [5, 5.41) is 13.9. The second kappa shape index (κ2) is 14.9. The maximum Gasteiger partial charge on any atom is 0.269 e. The molecule has 3 aromatic carbocycles. The molecule has 1 atom stereocenters. The van der Waals surface area contributed by atoms with Gasteiger partial charge in [-0.25, -0.2) is 0 Å². The summed E-state index contributed by atoms with van der Waals surface area (Å²) in [5.41, 5.74) is 4.02. The van der Waals surface area contributed by atoms with Crippen molar-refractivity contribution in [2.45, 2.75) is 51.4 Å². The molecule has 0 fully saturated rings. The molecule has 7 nitrogen and oxygen atoms in total. The molecule has 0 saturated heterocycles. The highest BCUT2D eigenvalue weighted by Gasteiger charge is 2.30. The zero-order valence-corrected chi connectivity index (χ0v) is 22.8. The molecule has 0 aliphatic carbocycles. The number of unbranched alkanes of at least 4 members (excludes halogenated alkanes) is 1. The van der Waals surface area contributed by atoms with Gasteiger partial charge in [0, 0.05) is 37.4 Å². The van der Waals surface area contributed by atoms with E-state index in [9.17, 15) is 19.7 Å². The smallest absolute Gasteiger partial charge is 0.269 e. The van der Waals surface area contributed by atoms with Gasteiger partial charge in [-0.2, -0.15) is 0 Å². The minimum atomic E-state index is -0.650. The number of nitrogens with zero attached hydrogens (tertiary/aromatic N) is 2. The van der Waals surface area contributed by atoms with Gasteiger partial charge in [0.1, 0.15) is 6.04 Å². The van der Waals surface area contributed by atoms with Crippen LogP contribution in [0.4, 0.5) is 5.69 Å². The number of aryl methyl sites for hydroxylation is 1. The quantitative estimate of drug-likeness (QED) is 0.163. The normalized spacial score (nSPS) is 11.5. The van der Waals surface area contributed by atoms with Crippen molar-refractivity contribution in [3.8, 4) is 0 Å². The number of benzene rings is 3. The van der Waals surface area contributed by atoms with Crippen LogP contribution in [0.5, 0.6) is 0 Å². The Balaban J connectivity index is 1.80. The number of carbonyl (C=O) groups excluding carboxylic acids is 2. The van der Waals surface area contributed by atoms with Crippen LogP contribution in [0.15, 0.2) is 78.9 Å². The minimum Gasteiger partial charge on any atom is -0.354 e. The molecule has 0 radical (unpaired) electrons. The molecule has 0 spiro atoms. The molecule has 0 aromatic heterocycles. The van der Waals surface area contributed by atoms with Gasteiger partial charge in [-0.1, -0.05) is 85.6 Å². The first kappa shape index (κ1) is 28.9. The highest BCUT2D eigenvalue weighted by molar-refractivity contribution is 7.99. The summed E-state index contributed by atoms with van der Waals surface area (Å²) < 4.78 is 0. The molecule has 200 valence electrons. The lowest BCUT2D eigenvalue weighted by molar-refractivity contribution is -0.384. The van der Waals surface area contributed by atoms with Gasteiger partial charge < -0.3 is 10.2 Å². The molecule has 0 aliphatic heterocycles. The highest BCUT2D eigenvalue weighted by Crippen LogP contribution is 2.20. The molecule has 0 bridgehead atoms. The Hall–Kier alpha value is -3.65. The molecular weight excluding hydrogens is 498 g/mol. The number of non-ortho nitro benzene ring substituents is 1. The van der Waals surface area contributed by atoms with Gasteiger partial charge in [0.15, 0.2) is 0 Å². The standard InChI is InChI=1S/C30H35N3O4S/c1-3-4-18-31-30(35)28(19-24-8-6-5-7-9-24)32(20-25-12-10-23(2)11-13-25)29(34)22-38-21-26-14-16-27(17-15-26)33(36)37/h5-17,28H,3-4,18-22H2,1-2H3,(H,31,35). The van der Waals surface area contributed by atoms with E-state index in [4.69, 9.17) is 0 Å².